The topological polar surface area (TPSA) is 91.4 Å². The van der Waals surface area contributed by atoms with Crippen molar-refractivity contribution in [2.24, 2.45) is 0 Å². The van der Waals surface area contributed by atoms with Crippen LogP contribution in [0.2, 0.25) is 0 Å². The second kappa shape index (κ2) is 7.94. The Hall–Kier alpha value is -3.39. The molecule has 0 bridgehead atoms. The van der Waals surface area contributed by atoms with Gasteiger partial charge in [0.2, 0.25) is 0 Å². The summed E-state index contributed by atoms with van der Waals surface area (Å²) in [4.78, 5) is 19.4. The van der Waals surface area contributed by atoms with Crippen molar-refractivity contribution < 1.29 is 13.2 Å². The van der Waals surface area contributed by atoms with Gasteiger partial charge >= 0.3 is 0 Å². The fourth-order valence-corrected chi connectivity index (χ4v) is 5.72. The monoisotopic (exact) mass is 448 g/mol. The molecule has 2 heterocycles. The molecule has 32 heavy (non-hydrogen) atoms. The molecule has 164 valence electrons. The van der Waals surface area contributed by atoms with Gasteiger partial charge in [0, 0.05) is 23.8 Å². The summed E-state index contributed by atoms with van der Waals surface area (Å²) >= 11 is 0. The standard InChI is InChI=1S/C24H24N4O3S/c29-23-21-6-2-3-7-22(21)26-24(14-4-1-5-15-24)28(23)19-8-10-20(11-9-19)32(30,31)27-18-12-16-25-17-13-18/h2-3,6-13,16-17,26H,1,4-5,14-15H2,(H,25,27). The fraction of sp³-hybridized carbons (Fsp3) is 0.250. The van der Waals surface area contributed by atoms with Crippen LogP contribution in [0.25, 0.3) is 0 Å². The number of pyridine rings is 1. The van der Waals surface area contributed by atoms with Gasteiger partial charge in [-0.15, -0.1) is 0 Å². The van der Waals surface area contributed by atoms with E-state index in [-0.39, 0.29) is 10.8 Å². The minimum absolute atomic E-state index is 0.0632. The number of carbonyl (C=O) groups is 1. The first-order valence-corrected chi connectivity index (χ1v) is 12.2. The first kappa shape index (κ1) is 20.5. The van der Waals surface area contributed by atoms with E-state index in [1.807, 2.05) is 29.2 Å². The number of carbonyl (C=O) groups excluding carboxylic acids is 1. The predicted molar refractivity (Wildman–Crippen MR) is 124 cm³/mol. The maximum Gasteiger partial charge on any atom is 0.262 e. The van der Waals surface area contributed by atoms with Crippen LogP contribution in [0.15, 0.2) is 78.0 Å². The highest BCUT2D eigenvalue weighted by atomic mass is 32.2. The molecule has 1 saturated carbocycles. The minimum Gasteiger partial charge on any atom is -0.362 e. The van der Waals surface area contributed by atoms with Crippen molar-refractivity contribution in [1.29, 1.82) is 0 Å². The molecule has 8 heteroatoms. The lowest BCUT2D eigenvalue weighted by Gasteiger charge is -2.50. The molecule has 7 nitrogen and oxygen atoms in total. The van der Waals surface area contributed by atoms with E-state index < -0.39 is 15.7 Å². The van der Waals surface area contributed by atoms with Crippen molar-refractivity contribution in [2.75, 3.05) is 14.9 Å². The number of fused-ring (bicyclic) bond motifs is 1. The van der Waals surface area contributed by atoms with Crippen LogP contribution in [0.1, 0.15) is 42.5 Å². The van der Waals surface area contributed by atoms with Crippen LogP contribution in [0.3, 0.4) is 0 Å². The molecule has 1 aliphatic carbocycles. The van der Waals surface area contributed by atoms with Crippen molar-refractivity contribution in [3.05, 3.63) is 78.6 Å². The van der Waals surface area contributed by atoms with Crippen molar-refractivity contribution in [3.8, 4) is 0 Å². The van der Waals surface area contributed by atoms with Crippen molar-refractivity contribution in [1.82, 2.24) is 4.98 Å². The molecule has 1 aromatic heterocycles. The lowest BCUT2D eigenvalue weighted by Crippen LogP contribution is -2.61. The molecule has 2 aromatic carbocycles. The molecule has 0 saturated heterocycles. The molecule has 1 amide bonds. The molecule has 0 atom stereocenters. The largest absolute Gasteiger partial charge is 0.362 e. The zero-order chi connectivity index (χ0) is 22.2. The van der Waals surface area contributed by atoms with Gasteiger partial charge in [-0.1, -0.05) is 18.6 Å². The molecular weight excluding hydrogens is 424 g/mol. The molecule has 5 rings (SSSR count). The third-order valence-corrected chi connectivity index (χ3v) is 7.57. The summed E-state index contributed by atoms with van der Waals surface area (Å²) in [7, 11) is -3.75. The second-order valence-corrected chi connectivity index (χ2v) is 9.92. The van der Waals surface area contributed by atoms with Crippen LogP contribution >= 0.6 is 0 Å². The molecule has 0 unspecified atom stereocenters. The van der Waals surface area contributed by atoms with E-state index in [2.05, 4.69) is 15.0 Å². The van der Waals surface area contributed by atoms with Gasteiger partial charge in [-0.2, -0.15) is 0 Å². The Morgan fingerprint density at radius 1 is 0.906 bits per heavy atom. The van der Waals surface area contributed by atoms with Crippen LogP contribution in [0.5, 0.6) is 0 Å². The van der Waals surface area contributed by atoms with E-state index in [0.717, 1.165) is 37.8 Å². The molecule has 1 aliphatic heterocycles. The quantitative estimate of drug-likeness (QED) is 0.608. The van der Waals surface area contributed by atoms with E-state index in [9.17, 15) is 13.2 Å². The number of aromatic nitrogens is 1. The lowest BCUT2D eigenvalue weighted by molar-refractivity contribution is 0.0938. The van der Waals surface area contributed by atoms with Gasteiger partial charge in [-0.05, 0) is 74.2 Å². The highest BCUT2D eigenvalue weighted by Crippen LogP contribution is 2.43. The van der Waals surface area contributed by atoms with Crippen LogP contribution in [-0.2, 0) is 10.0 Å². The van der Waals surface area contributed by atoms with Crippen LogP contribution in [-0.4, -0.2) is 25.0 Å². The number of anilines is 3. The zero-order valence-corrected chi connectivity index (χ0v) is 18.3. The summed E-state index contributed by atoms with van der Waals surface area (Å²) in [5.74, 6) is -0.0632. The first-order chi connectivity index (χ1) is 15.5. The maximum absolute atomic E-state index is 13.6. The number of para-hydroxylation sites is 1. The van der Waals surface area contributed by atoms with Crippen LogP contribution in [0, 0.1) is 0 Å². The summed E-state index contributed by atoms with van der Waals surface area (Å²) in [6, 6.07) is 17.3. The van der Waals surface area contributed by atoms with Crippen molar-refractivity contribution >= 4 is 33.0 Å². The molecule has 1 spiro atoms. The normalized spacial score (nSPS) is 17.5. The summed E-state index contributed by atoms with van der Waals surface area (Å²) in [6.07, 6.45) is 7.94. The van der Waals surface area contributed by atoms with E-state index >= 15 is 0 Å². The first-order valence-electron chi connectivity index (χ1n) is 10.7. The Morgan fingerprint density at radius 2 is 1.59 bits per heavy atom. The van der Waals surface area contributed by atoms with E-state index in [4.69, 9.17) is 0 Å². The predicted octanol–water partition coefficient (Wildman–Crippen LogP) is 4.62. The second-order valence-electron chi connectivity index (χ2n) is 8.24. The average Bonchev–Trinajstić information content (AvgIpc) is 2.80. The molecule has 3 aromatic rings. The molecule has 2 aliphatic rings. The van der Waals surface area contributed by atoms with E-state index in [0.29, 0.717) is 16.9 Å². The van der Waals surface area contributed by atoms with Gasteiger partial charge in [-0.25, -0.2) is 8.42 Å². The average molecular weight is 449 g/mol. The Kier molecular flexibility index (Phi) is 5.09. The van der Waals surface area contributed by atoms with E-state index in [1.165, 1.54) is 12.4 Å². The highest BCUT2D eigenvalue weighted by Gasteiger charge is 2.46. The van der Waals surface area contributed by atoms with Gasteiger partial charge in [0.25, 0.3) is 15.9 Å². The Labute approximate surface area is 187 Å². The summed E-state index contributed by atoms with van der Waals surface area (Å²) in [5, 5.41) is 3.64. The number of rotatable bonds is 4. The van der Waals surface area contributed by atoms with Gasteiger partial charge < -0.3 is 5.32 Å². The van der Waals surface area contributed by atoms with Gasteiger partial charge in [0.15, 0.2) is 0 Å². The third-order valence-electron chi connectivity index (χ3n) is 6.17. The number of hydrogen-bond donors (Lipinski definition) is 2. The van der Waals surface area contributed by atoms with Crippen LogP contribution < -0.4 is 14.9 Å². The number of benzene rings is 2. The fourth-order valence-electron chi connectivity index (χ4n) is 4.66. The van der Waals surface area contributed by atoms with E-state index in [1.54, 1.807) is 36.4 Å². The summed E-state index contributed by atoms with van der Waals surface area (Å²) < 4.78 is 28.1. The SMILES string of the molecule is O=C1c2ccccc2NC2(CCCCC2)N1c1ccc(S(=O)(=O)Nc2ccncc2)cc1. The van der Waals surface area contributed by atoms with Crippen molar-refractivity contribution in [3.63, 3.8) is 0 Å². The minimum atomic E-state index is -3.75. The van der Waals surface area contributed by atoms with Gasteiger partial charge in [-0.3, -0.25) is 19.4 Å². The smallest absolute Gasteiger partial charge is 0.262 e. The lowest BCUT2D eigenvalue weighted by atomic mass is 9.84. The molecule has 1 fully saturated rings. The van der Waals surface area contributed by atoms with Gasteiger partial charge in [0.1, 0.15) is 5.66 Å². The summed E-state index contributed by atoms with van der Waals surface area (Å²) in [5.41, 5.74) is 2.11. The Balaban J connectivity index is 1.50. The highest BCUT2D eigenvalue weighted by molar-refractivity contribution is 7.92. The van der Waals surface area contributed by atoms with Crippen molar-refractivity contribution in [2.45, 2.75) is 42.7 Å². The molecular formula is C24H24N4O3S. The maximum atomic E-state index is 13.6. The third kappa shape index (κ3) is 3.60. The molecule has 2 N–H and O–H groups in total. The summed E-state index contributed by atoms with van der Waals surface area (Å²) in [6.45, 7) is 0. The number of nitrogens with zero attached hydrogens (tertiary/aromatic N) is 2. The Morgan fingerprint density at radius 3 is 2.31 bits per heavy atom. The van der Waals surface area contributed by atoms with Gasteiger partial charge in [0.05, 0.1) is 16.1 Å². The number of nitrogens with one attached hydrogen (secondary N) is 2. The zero-order valence-electron chi connectivity index (χ0n) is 17.5. The number of amides is 1. The number of sulfonamides is 1. The Bertz CT molecular complexity index is 1240. The number of hydrogen-bond acceptors (Lipinski definition) is 5. The van der Waals surface area contributed by atoms with Crippen LogP contribution in [0.4, 0.5) is 17.1 Å². The molecule has 0 radical (unpaired) electrons.